The molecule has 144 valence electrons. The molecule has 0 bridgehead atoms. The summed E-state index contributed by atoms with van der Waals surface area (Å²) in [4.78, 5) is 25.1. The quantitative estimate of drug-likeness (QED) is 0.772. The van der Waals surface area contributed by atoms with Crippen molar-refractivity contribution in [2.45, 2.75) is 38.8 Å². The summed E-state index contributed by atoms with van der Waals surface area (Å²) in [6.45, 7) is 7.75. The van der Waals surface area contributed by atoms with Gasteiger partial charge in [0.05, 0.1) is 32.2 Å². The van der Waals surface area contributed by atoms with Crippen molar-refractivity contribution in [1.82, 2.24) is 15.3 Å². The highest BCUT2D eigenvalue weighted by atomic mass is 16.2. The molecule has 2 N–H and O–H groups in total. The van der Waals surface area contributed by atoms with Crippen LogP contribution >= 0.6 is 0 Å². The van der Waals surface area contributed by atoms with Crippen molar-refractivity contribution in [1.29, 1.82) is 0 Å². The zero-order chi connectivity index (χ0) is 19.1. The Kier molecular flexibility index (Phi) is 6.76. The summed E-state index contributed by atoms with van der Waals surface area (Å²) in [5.74, 6) is 0.914. The fraction of sp³-hybridized carbons (Fsp3) is 0.476. The van der Waals surface area contributed by atoms with E-state index in [1.165, 1.54) is 10.5 Å². The summed E-state index contributed by atoms with van der Waals surface area (Å²) >= 11 is 0. The molecular weight excluding hydrogens is 338 g/mol. The van der Waals surface area contributed by atoms with Gasteiger partial charge in [0.2, 0.25) is 5.95 Å². The summed E-state index contributed by atoms with van der Waals surface area (Å²) in [5.41, 5.74) is 1.18. The molecule has 3 rings (SSSR count). The van der Waals surface area contributed by atoms with E-state index in [-0.39, 0.29) is 18.0 Å². The lowest BCUT2D eigenvalue weighted by molar-refractivity contribution is -0.914. The van der Waals surface area contributed by atoms with Gasteiger partial charge in [0, 0.05) is 12.4 Å². The number of anilines is 1. The Morgan fingerprint density at radius 2 is 1.81 bits per heavy atom. The summed E-state index contributed by atoms with van der Waals surface area (Å²) in [7, 11) is 0. The highest BCUT2D eigenvalue weighted by Crippen LogP contribution is 2.18. The van der Waals surface area contributed by atoms with Gasteiger partial charge in [0.25, 0.3) is 5.91 Å². The number of piperazine rings is 1. The minimum atomic E-state index is -0.0630. The molecule has 1 aliphatic heterocycles. The minimum absolute atomic E-state index is 0.0630. The summed E-state index contributed by atoms with van der Waals surface area (Å²) < 4.78 is 0. The van der Waals surface area contributed by atoms with Crippen molar-refractivity contribution < 1.29 is 9.69 Å². The second kappa shape index (κ2) is 9.46. The molecule has 0 saturated carbocycles. The van der Waals surface area contributed by atoms with Gasteiger partial charge >= 0.3 is 0 Å². The first-order chi connectivity index (χ1) is 13.2. The van der Waals surface area contributed by atoms with Gasteiger partial charge in [-0.25, -0.2) is 9.97 Å². The van der Waals surface area contributed by atoms with E-state index >= 15 is 0 Å². The van der Waals surface area contributed by atoms with Crippen LogP contribution in [-0.2, 0) is 4.79 Å². The summed E-state index contributed by atoms with van der Waals surface area (Å²) in [6.07, 6.45) is 5.54. The third-order valence-corrected chi connectivity index (χ3v) is 5.34. The normalized spacial score (nSPS) is 17.3. The molecule has 1 aromatic heterocycles. The lowest BCUT2D eigenvalue weighted by Gasteiger charge is -2.35. The van der Waals surface area contributed by atoms with Gasteiger partial charge in [0.1, 0.15) is 0 Å². The molecule has 2 atom stereocenters. The van der Waals surface area contributed by atoms with Crippen molar-refractivity contribution in [2.24, 2.45) is 0 Å². The van der Waals surface area contributed by atoms with Gasteiger partial charge in [-0.05, 0) is 25.0 Å². The summed E-state index contributed by atoms with van der Waals surface area (Å²) in [5, 5.41) is 3.28. The van der Waals surface area contributed by atoms with Gasteiger partial charge in [-0.1, -0.05) is 43.7 Å². The third-order valence-electron chi connectivity index (χ3n) is 5.34. The molecule has 1 amide bonds. The van der Waals surface area contributed by atoms with Crippen LogP contribution < -0.4 is 15.1 Å². The molecule has 0 aliphatic carbocycles. The first kappa shape index (κ1) is 19.3. The van der Waals surface area contributed by atoms with E-state index in [0.717, 1.165) is 45.0 Å². The number of carbonyl (C=O) groups excluding carboxylic acids is 1. The molecule has 27 heavy (non-hydrogen) atoms. The van der Waals surface area contributed by atoms with E-state index in [9.17, 15) is 4.79 Å². The average Bonchev–Trinajstić information content (AvgIpc) is 2.74. The summed E-state index contributed by atoms with van der Waals surface area (Å²) in [6, 6.07) is 12.1. The van der Waals surface area contributed by atoms with E-state index in [4.69, 9.17) is 0 Å². The molecule has 2 aromatic rings. The lowest BCUT2D eigenvalue weighted by atomic mass is 10.0. The molecule has 1 fully saturated rings. The zero-order valence-corrected chi connectivity index (χ0v) is 16.3. The fourth-order valence-corrected chi connectivity index (χ4v) is 3.66. The predicted octanol–water partition coefficient (Wildman–Crippen LogP) is 1.23. The van der Waals surface area contributed by atoms with Crippen molar-refractivity contribution in [3.8, 4) is 0 Å². The molecule has 1 saturated heterocycles. The largest absolute Gasteiger partial charge is 0.344 e. The number of nitrogens with one attached hydrogen (secondary N) is 2. The molecule has 6 nitrogen and oxygen atoms in total. The monoisotopic (exact) mass is 368 g/mol. The van der Waals surface area contributed by atoms with Gasteiger partial charge in [0.15, 0.2) is 6.04 Å². The molecule has 0 unspecified atom stereocenters. The van der Waals surface area contributed by atoms with Crippen LogP contribution in [0, 0.1) is 0 Å². The topological polar surface area (TPSA) is 62.6 Å². The first-order valence-electron chi connectivity index (χ1n) is 9.91. The van der Waals surface area contributed by atoms with Crippen LogP contribution in [-0.4, -0.2) is 48.1 Å². The van der Waals surface area contributed by atoms with E-state index in [0.29, 0.717) is 0 Å². The lowest BCUT2D eigenvalue weighted by Crippen LogP contribution is -3.19. The first-order valence-corrected chi connectivity index (χ1v) is 9.91. The van der Waals surface area contributed by atoms with Gasteiger partial charge in [-0.15, -0.1) is 0 Å². The van der Waals surface area contributed by atoms with Crippen LogP contribution in [0.3, 0.4) is 0 Å². The molecule has 0 spiro atoms. The smallest absolute Gasteiger partial charge is 0.278 e. The molecule has 0 radical (unpaired) electrons. The van der Waals surface area contributed by atoms with Crippen LogP contribution in [0.4, 0.5) is 5.95 Å². The number of hydrogen-bond acceptors (Lipinski definition) is 4. The van der Waals surface area contributed by atoms with Gasteiger partial charge in [-0.3, -0.25) is 4.79 Å². The molecule has 1 aliphatic rings. The highest BCUT2D eigenvalue weighted by Gasteiger charge is 2.31. The Balaban J connectivity index is 1.55. The van der Waals surface area contributed by atoms with Crippen LogP contribution in [0.25, 0.3) is 0 Å². The minimum Gasteiger partial charge on any atom is -0.344 e. The predicted molar refractivity (Wildman–Crippen MR) is 107 cm³/mol. The Morgan fingerprint density at radius 1 is 1.15 bits per heavy atom. The van der Waals surface area contributed by atoms with E-state index < -0.39 is 0 Å². The maximum atomic E-state index is 12.9. The Labute approximate surface area is 161 Å². The van der Waals surface area contributed by atoms with Crippen molar-refractivity contribution in [2.75, 3.05) is 31.1 Å². The SMILES string of the molecule is CCC[C@@H](NC(=O)[C@H](C)[NH+]1CCN(c2ncccn2)CC1)c1ccccc1. The number of aromatic nitrogens is 2. The zero-order valence-electron chi connectivity index (χ0n) is 16.3. The van der Waals surface area contributed by atoms with Crippen LogP contribution in [0.15, 0.2) is 48.8 Å². The molecule has 6 heteroatoms. The van der Waals surface area contributed by atoms with Gasteiger partial charge < -0.3 is 15.1 Å². The maximum absolute atomic E-state index is 12.9. The number of benzene rings is 1. The Bertz CT molecular complexity index is 701. The second-order valence-corrected chi connectivity index (χ2v) is 7.18. The standard InChI is InChI=1S/C21H29N5O/c1-3-8-19(18-9-5-4-6-10-18)24-20(27)17(2)25-13-15-26(16-14-25)21-22-11-7-12-23-21/h4-7,9-12,17,19H,3,8,13-16H2,1-2H3,(H,24,27)/p+1/t17-,19+/m0/s1. The highest BCUT2D eigenvalue weighted by molar-refractivity contribution is 5.80. The molecular formula is C21H30N5O+. The van der Waals surface area contributed by atoms with E-state index in [1.807, 2.05) is 31.2 Å². The van der Waals surface area contributed by atoms with Gasteiger partial charge in [-0.2, -0.15) is 0 Å². The number of quaternary nitrogens is 1. The number of carbonyl (C=O) groups is 1. The number of amides is 1. The van der Waals surface area contributed by atoms with Crippen LogP contribution in [0.2, 0.25) is 0 Å². The average molecular weight is 369 g/mol. The van der Waals surface area contributed by atoms with Crippen molar-refractivity contribution in [3.05, 3.63) is 54.4 Å². The number of hydrogen-bond donors (Lipinski definition) is 2. The molecule has 1 aromatic carbocycles. The number of rotatable bonds is 7. The van der Waals surface area contributed by atoms with Crippen molar-refractivity contribution >= 4 is 11.9 Å². The fourth-order valence-electron chi connectivity index (χ4n) is 3.66. The Morgan fingerprint density at radius 3 is 2.44 bits per heavy atom. The number of nitrogens with zero attached hydrogens (tertiary/aromatic N) is 3. The maximum Gasteiger partial charge on any atom is 0.278 e. The molecule has 2 heterocycles. The second-order valence-electron chi connectivity index (χ2n) is 7.18. The van der Waals surface area contributed by atoms with E-state index in [2.05, 4.69) is 39.2 Å². The van der Waals surface area contributed by atoms with Crippen LogP contribution in [0.1, 0.15) is 38.3 Å². The third kappa shape index (κ3) is 5.04. The Hall–Kier alpha value is -2.47. The van der Waals surface area contributed by atoms with Crippen LogP contribution in [0.5, 0.6) is 0 Å². The van der Waals surface area contributed by atoms with Crippen molar-refractivity contribution in [3.63, 3.8) is 0 Å². The van der Waals surface area contributed by atoms with E-state index in [1.54, 1.807) is 12.4 Å².